The third-order valence-corrected chi connectivity index (χ3v) is 4.84. The average molecular weight is 414 g/mol. The van der Waals surface area contributed by atoms with Gasteiger partial charge in [-0.3, -0.25) is 9.10 Å². The van der Waals surface area contributed by atoms with Crippen LogP contribution in [0.1, 0.15) is 5.56 Å². The van der Waals surface area contributed by atoms with Crippen molar-refractivity contribution in [2.45, 2.75) is 0 Å². The molecule has 7 nitrogen and oxygen atoms in total. The lowest BCUT2D eigenvalue weighted by Gasteiger charge is -2.21. The van der Waals surface area contributed by atoms with E-state index in [2.05, 4.69) is 10.5 Å². The fourth-order valence-electron chi connectivity index (χ4n) is 2.13. The van der Waals surface area contributed by atoms with Gasteiger partial charge in [0.05, 0.1) is 30.3 Å². The number of anilines is 1. The van der Waals surface area contributed by atoms with Crippen molar-refractivity contribution in [3.05, 3.63) is 58.9 Å². The molecule has 0 aromatic heterocycles. The van der Waals surface area contributed by atoms with E-state index in [1.807, 2.05) is 0 Å². The van der Waals surface area contributed by atoms with E-state index in [4.69, 9.17) is 16.3 Å². The lowest BCUT2D eigenvalue weighted by molar-refractivity contribution is -0.119. The first kappa shape index (κ1) is 20.7. The van der Waals surface area contributed by atoms with E-state index in [1.165, 1.54) is 43.5 Å². The molecule has 2 aromatic carbocycles. The van der Waals surface area contributed by atoms with Gasteiger partial charge < -0.3 is 4.74 Å². The maximum Gasteiger partial charge on any atom is 0.260 e. The summed E-state index contributed by atoms with van der Waals surface area (Å²) in [5.74, 6) is -0.839. The van der Waals surface area contributed by atoms with Crippen LogP contribution in [0.3, 0.4) is 0 Å². The number of benzene rings is 2. The van der Waals surface area contributed by atoms with Crippen molar-refractivity contribution in [3.8, 4) is 5.75 Å². The monoisotopic (exact) mass is 413 g/mol. The number of rotatable bonds is 7. The summed E-state index contributed by atoms with van der Waals surface area (Å²) in [6.07, 6.45) is 2.09. The normalized spacial score (nSPS) is 11.4. The van der Waals surface area contributed by atoms with Crippen LogP contribution in [0.4, 0.5) is 10.1 Å². The summed E-state index contributed by atoms with van der Waals surface area (Å²) in [4.78, 5) is 12.1. The predicted molar refractivity (Wildman–Crippen MR) is 102 cm³/mol. The van der Waals surface area contributed by atoms with E-state index in [0.717, 1.165) is 16.8 Å². The summed E-state index contributed by atoms with van der Waals surface area (Å²) < 4.78 is 43.5. The molecule has 1 amide bonds. The first-order valence-electron chi connectivity index (χ1n) is 7.60. The molecule has 0 unspecified atom stereocenters. The SMILES string of the molecule is COc1ccc(N(CC(=O)N/N=C\c2ccccc2F)S(C)(=O)=O)cc1Cl. The third-order valence-electron chi connectivity index (χ3n) is 3.41. The number of hydrogen-bond acceptors (Lipinski definition) is 5. The molecule has 1 N–H and O–H groups in total. The largest absolute Gasteiger partial charge is 0.495 e. The fraction of sp³-hybridized carbons (Fsp3) is 0.176. The minimum absolute atomic E-state index is 0.180. The number of carbonyl (C=O) groups is 1. The maximum atomic E-state index is 13.5. The molecule has 0 atom stereocenters. The number of methoxy groups -OCH3 is 1. The molecule has 2 aromatic rings. The highest BCUT2D eigenvalue weighted by atomic mass is 35.5. The van der Waals surface area contributed by atoms with E-state index < -0.39 is 28.3 Å². The zero-order valence-electron chi connectivity index (χ0n) is 14.5. The molecule has 0 aliphatic heterocycles. The second-order valence-corrected chi connectivity index (χ2v) is 7.72. The smallest absolute Gasteiger partial charge is 0.260 e. The molecule has 0 aliphatic rings. The van der Waals surface area contributed by atoms with Gasteiger partial charge in [-0.1, -0.05) is 29.8 Å². The Kier molecular flexibility index (Phi) is 6.75. The van der Waals surface area contributed by atoms with Crippen LogP contribution in [0.2, 0.25) is 5.02 Å². The molecule has 0 radical (unpaired) electrons. The van der Waals surface area contributed by atoms with Crippen LogP contribution in [0.15, 0.2) is 47.6 Å². The van der Waals surface area contributed by atoms with Gasteiger partial charge in [-0.15, -0.1) is 0 Å². The Morgan fingerprint density at radius 2 is 2.04 bits per heavy atom. The molecular weight excluding hydrogens is 397 g/mol. The second-order valence-electron chi connectivity index (χ2n) is 5.40. The van der Waals surface area contributed by atoms with E-state index in [-0.39, 0.29) is 16.3 Å². The Morgan fingerprint density at radius 3 is 2.63 bits per heavy atom. The van der Waals surface area contributed by atoms with Gasteiger partial charge in [0, 0.05) is 5.56 Å². The van der Waals surface area contributed by atoms with Gasteiger partial charge in [-0.2, -0.15) is 5.10 Å². The van der Waals surface area contributed by atoms with Crippen molar-refractivity contribution >= 4 is 39.4 Å². The lowest BCUT2D eigenvalue weighted by atomic mass is 10.2. The number of nitrogens with one attached hydrogen (secondary N) is 1. The highest BCUT2D eigenvalue weighted by molar-refractivity contribution is 7.92. The van der Waals surface area contributed by atoms with Crippen molar-refractivity contribution in [2.24, 2.45) is 5.10 Å². The molecule has 0 fully saturated rings. The number of amides is 1. The van der Waals surface area contributed by atoms with Crippen LogP contribution in [0.5, 0.6) is 5.75 Å². The summed E-state index contributed by atoms with van der Waals surface area (Å²) in [7, 11) is -2.35. The summed E-state index contributed by atoms with van der Waals surface area (Å²) in [6, 6.07) is 10.2. The van der Waals surface area contributed by atoms with Crippen molar-refractivity contribution in [1.82, 2.24) is 5.43 Å². The van der Waals surface area contributed by atoms with Gasteiger partial charge in [0.2, 0.25) is 10.0 Å². The molecule has 0 saturated heterocycles. The number of nitrogens with zero attached hydrogens (tertiary/aromatic N) is 2. The van der Waals surface area contributed by atoms with Crippen molar-refractivity contribution in [2.75, 3.05) is 24.2 Å². The summed E-state index contributed by atoms with van der Waals surface area (Å²) in [5, 5.41) is 3.84. The lowest BCUT2D eigenvalue weighted by Crippen LogP contribution is -2.39. The van der Waals surface area contributed by atoms with E-state index in [1.54, 1.807) is 6.07 Å². The topological polar surface area (TPSA) is 88.1 Å². The molecule has 0 bridgehead atoms. The van der Waals surface area contributed by atoms with Gasteiger partial charge in [-0.25, -0.2) is 18.2 Å². The van der Waals surface area contributed by atoms with Crippen molar-refractivity contribution in [1.29, 1.82) is 0 Å². The molecule has 0 spiro atoms. The van der Waals surface area contributed by atoms with Gasteiger partial charge in [0.1, 0.15) is 18.1 Å². The van der Waals surface area contributed by atoms with E-state index in [9.17, 15) is 17.6 Å². The quantitative estimate of drug-likeness (QED) is 0.557. The summed E-state index contributed by atoms with van der Waals surface area (Å²) in [6.45, 7) is -0.532. The Bertz CT molecular complexity index is 966. The molecule has 2 rings (SSSR count). The first-order valence-corrected chi connectivity index (χ1v) is 9.82. The fourth-order valence-corrected chi connectivity index (χ4v) is 3.23. The predicted octanol–water partition coefficient (Wildman–Crippen LogP) is 2.40. The Balaban J connectivity index is 2.13. The average Bonchev–Trinajstić information content (AvgIpc) is 2.60. The van der Waals surface area contributed by atoms with Gasteiger partial charge >= 0.3 is 0 Å². The zero-order valence-corrected chi connectivity index (χ0v) is 16.1. The van der Waals surface area contributed by atoms with Crippen LogP contribution in [-0.4, -0.2) is 40.4 Å². The highest BCUT2D eigenvalue weighted by Crippen LogP contribution is 2.30. The number of hydrazone groups is 1. The number of ether oxygens (including phenoxy) is 1. The van der Waals surface area contributed by atoms with Gasteiger partial charge in [-0.05, 0) is 24.3 Å². The molecular formula is C17H17ClFN3O4S. The van der Waals surface area contributed by atoms with E-state index >= 15 is 0 Å². The molecule has 0 aliphatic carbocycles. The highest BCUT2D eigenvalue weighted by Gasteiger charge is 2.21. The standard InChI is InChI=1S/C17H17ClFN3O4S/c1-26-16-8-7-13(9-14(16)18)22(27(2,24)25)11-17(23)21-20-10-12-5-3-4-6-15(12)19/h3-10H,11H2,1-2H3,(H,21,23)/b20-10-. The zero-order chi connectivity index (χ0) is 20.0. The van der Waals surface area contributed by atoms with Crippen LogP contribution in [0.25, 0.3) is 0 Å². The van der Waals surface area contributed by atoms with Crippen LogP contribution in [0, 0.1) is 5.82 Å². The molecule has 10 heteroatoms. The number of hydrogen-bond donors (Lipinski definition) is 1. The second kappa shape index (κ2) is 8.83. The van der Waals surface area contributed by atoms with E-state index in [0.29, 0.717) is 5.75 Å². The number of halogens is 2. The van der Waals surface area contributed by atoms with Crippen LogP contribution < -0.4 is 14.5 Å². The summed E-state index contributed by atoms with van der Waals surface area (Å²) >= 11 is 6.02. The molecule has 144 valence electrons. The maximum absolute atomic E-state index is 13.5. The summed E-state index contributed by atoms with van der Waals surface area (Å²) in [5.41, 5.74) is 2.54. The van der Waals surface area contributed by atoms with Crippen molar-refractivity contribution < 1.29 is 22.3 Å². The third kappa shape index (κ3) is 5.66. The van der Waals surface area contributed by atoms with Crippen LogP contribution in [-0.2, 0) is 14.8 Å². The molecule has 27 heavy (non-hydrogen) atoms. The van der Waals surface area contributed by atoms with Gasteiger partial charge in [0.15, 0.2) is 0 Å². The molecule has 0 saturated carbocycles. The van der Waals surface area contributed by atoms with Crippen molar-refractivity contribution in [3.63, 3.8) is 0 Å². The molecule has 0 heterocycles. The Morgan fingerprint density at radius 1 is 1.33 bits per heavy atom. The van der Waals surface area contributed by atoms with Crippen LogP contribution >= 0.6 is 11.6 Å². The minimum atomic E-state index is -3.77. The number of sulfonamides is 1. The first-order chi connectivity index (χ1) is 12.7. The minimum Gasteiger partial charge on any atom is -0.495 e. The number of carbonyl (C=O) groups excluding carboxylic acids is 1. The Hall–Kier alpha value is -2.65. The van der Waals surface area contributed by atoms with Gasteiger partial charge in [0.25, 0.3) is 5.91 Å². The Labute approximate surface area is 161 Å².